The van der Waals surface area contributed by atoms with Crippen molar-refractivity contribution in [2.45, 2.75) is 19.6 Å². The number of nitrogens with two attached hydrogens (primary N) is 3. The van der Waals surface area contributed by atoms with Gasteiger partial charge in [0.2, 0.25) is 9.84 Å². The maximum Gasteiger partial charge on any atom is 0.296 e. The molecule has 0 heterocycles. The van der Waals surface area contributed by atoms with Gasteiger partial charge < -0.3 is 22.3 Å². The summed E-state index contributed by atoms with van der Waals surface area (Å²) in [6.07, 6.45) is 0. The van der Waals surface area contributed by atoms with Crippen LogP contribution >= 0.6 is 0 Å². The van der Waals surface area contributed by atoms with Gasteiger partial charge >= 0.3 is 0 Å². The van der Waals surface area contributed by atoms with Gasteiger partial charge in [-0.3, -0.25) is 9.11 Å². The fourth-order valence-corrected chi connectivity index (χ4v) is 7.70. The fraction of sp³-hybridized carbons (Fsp3) is 0. The SMILES string of the molecule is Nc1ccc(N=Nc2ccc(S(=O)(=O)c3ccc(N=Nc4c(S(=O)(=O)O)cc5cc(S(=O)(=O)O)c(N=Nc6ccccc6)c(O)c5c4N)cc3)cc2)c(N)c1. The van der Waals surface area contributed by atoms with Gasteiger partial charge in [-0.1, -0.05) is 18.2 Å². The Morgan fingerprint density at radius 2 is 0.982 bits per heavy atom. The zero-order valence-corrected chi connectivity index (χ0v) is 30.3. The van der Waals surface area contributed by atoms with Crippen LogP contribution < -0.4 is 17.2 Å². The van der Waals surface area contributed by atoms with Crippen LogP contribution in [-0.4, -0.2) is 39.5 Å². The van der Waals surface area contributed by atoms with Crippen LogP contribution in [0.4, 0.5) is 51.2 Å². The lowest BCUT2D eigenvalue weighted by Crippen LogP contribution is -2.03. The highest BCUT2D eigenvalue weighted by atomic mass is 32.2. The molecule has 6 aromatic rings. The second-order valence-corrected chi connectivity index (χ2v) is 16.2. The molecule has 6 rings (SSSR count). The second-order valence-electron chi connectivity index (χ2n) is 11.5. The Hall–Kier alpha value is -6.65. The largest absolute Gasteiger partial charge is 0.505 e. The van der Waals surface area contributed by atoms with Crippen molar-refractivity contribution in [1.82, 2.24) is 0 Å². The van der Waals surface area contributed by atoms with Gasteiger partial charge in [-0.05, 0) is 96.4 Å². The molecular weight excluding hydrogens is 775 g/mol. The third-order valence-electron chi connectivity index (χ3n) is 7.78. The number of sulfone groups is 1. The number of azo groups is 3. The van der Waals surface area contributed by atoms with Gasteiger partial charge in [-0.2, -0.15) is 32.2 Å². The summed E-state index contributed by atoms with van der Waals surface area (Å²) in [6, 6.07) is 24.8. The smallest absolute Gasteiger partial charge is 0.296 e. The molecule has 6 aromatic carbocycles. The molecule has 0 aliphatic heterocycles. The molecule has 0 unspecified atom stereocenters. The Balaban J connectivity index is 1.33. The maximum absolute atomic E-state index is 13.3. The van der Waals surface area contributed by atoms with Crippen LogP contribution in [-0.2, 0) is 30.1 Å². The van der Waals surface area contributed by atoms with Gasteiger partial charge in [0.15, 0.2) is 5.75 Å². The lowest BCUT2D eigenvalue weighted by Gasteiger charge is -2.14. The highest BCUT2D eigenvalue weighted by Crippen LogP contribution is 2.48. The van der Waals surface area contributed by atoms with Gasteiger partial charge in [0.25, 0.3) is 20.2 Å². The minimum Gasteiger partial charge on any atom is -0.505 e. The molecular formula is C34H27N9O9S3. The first-order chi connectivity index (χ1) is 25.9. The highest BCUT2D eigenvalue weighted by Gasteiger charge is 2.28. The summed E-state index contributed by atoms with van der Waals surface area (Å²) in [5.74, 6) is -0.919. The lowest BCUT2D eigenvalue weighted by molar-refractivity contribution is 0.472. The van der Waals surface area contributed by atoms with Gasteiger partial charge in [-0.25, -0.2) is 8.42 Å². The number of hydrogen-bond acceptors (Lipinski definition) is 16. The van der Waals surface area contributed by atoms with E-state index in [2.05, 4.69) is 30.7 Å². The Morgan fingerprint density at radius 3 is 1.49 bits per heavy atom. The minimum absolute atomic E-state index is 0.0146. The Bertz CT molecular complexity index is 2910. The number of fused-ring (bicyclic) bond motifs is 1. The van der Waals surface area contributed by atoms with E-state index in [0.717, 1.165) is 12.1 Å². The molecule has 0 atom stereocenters. The average molecular weight is 802 g/mol. The standard InChI is InChI=1S/C34H27N9O9S3/c35-20-6-15-27(26(36)18-20)41-38-22-7-11-24(12-8-22)53(45,46)25-13-9-23(10-14-25)40-42-32-28(54(47,48)49)16-19-17-29(55(50,51)52)33(34(44)30(19)31(32)37)43-39-21-4-2-1-3-5-21/h1-18,44H,35-37H2,(H,47,48,49)(H,50,51,52). The van der Waals surface area contributed by atoms with Crippen LogP contribution in [0, 0.1) is 0 Å². The molecule has 0 aliphatic carbocycles. The van der Waals surface area contributed by atoms with E-state index in [4.69, 9.17) is 17.2 Å². The predicted molar refractivity (Wildman–Crippen MR) is 202 cm³/mol. The van der Waals surface area contributed by atoms with Crippen LogP contribution in [0.1, 0.15) is 0 Å². The zero-order chi connectivity index (χ0) is 39.7. The number of nitrogens with zero attached hydrogens (tertiary/aromatic N) is 6. The summed E-state index contributed by atoms with van der Waals surface area (Å²) in [7, 11) is -14.2. The molecule has 21 heteroatoms. The van der Waals surface area contributed by atoms with E-state index in [9.17, 15) is 39.5 Å². The van der Waals surface area contributed by atoms with Crippen molar-refractivity contribution in [2.24, 2.45) is 30.7 Å². The molecule has 0 aromatic heterocycles. The number of anilines is 3. The van der Waals surface area contributed by atoms with E-state index in [1.807, 2.05) is 0 Å². The van der Waals surface area contributed by atoms with Crippen LogP contribution in [0.2, 0.25) is 0 Å². The van der Waals surface area contributed by atoms with Crippen LogP contribution in [0.25, 0.3) is 10.8 Å². The van der Waals surface area contributed by atoms with Gasteiger partial charge in [-0.15, -0.1) is 15.3 Å². The quantitative estimate of drug-likeness (QED) is 0.0438. The normalized spacial score (nSPS) is 12.7. The van der Waals surface area contributed by atoms with E-state index in [0.29, 0.717) is 22.7 Å². The van der Waals surface area contributed by atoms with Crippen molar-refractivity contribution in [1.29, 1.82) is 0 Å². The molecule has 0 aliphatic rings. The Kier molecular flexibility index (Phi) is 10.1. The topological polar surface area (TPSA) is 315 Å². The number of phenolic OH excluding ortho intramolecular Hbond substituents is 1. The third-order valence-corrected chi connectivity index (χ3v) is 11.3. The number of aromatic hydroxyl groups is 1. The van der Waals surface area contributed by atoms with E-state index in [-0.39, 0.29) is 31.9 Å². The first kappa shape index (κ1) is 38.1. The molecule has 18 nitrogen and oxygen atoms in total. The molecule has 55 heavy (non-hydrogen) atoms. The predicted octanol–water partition coefficient (Wildman–Crippen LogP) is 7.86. The number of hydrogen-bond donors (Lipinski definition) is 6. The second kappa shape index (κ2) is 14.6. The van der Waals surface area contributed by atoms with E-state index in [1.165, 1.54) is 66.7 Å². The summed E-state index contributed by atoms with van der Waals surface area (Å²) in [5.41, 5.74) is 17.6. The van der Waals surface area contributed by atoms with Crippen LogP contribution in [0.3, 0.4) is 0 Å². The summed E-state index contributed by atoms with van der Waals surface area (Å²) >= 11 is 0. The zero-order valence-electron chi connectivity index (χ0n) is 27.8. The molecule has 9 N–H and O–H groups in total. The van der Waals surface area contributed by atoms with Crippen molar-refractivity contribution in [3.8, 4) is 5.75 Å². The summed E-state index contributed by atoms with van der Waals surface area (Å²) in [6.45, 7) is 0. The average Bonchev–Trinajstić information content (AvgIpc) is 3.13. The number of phenols is 1. The van der Waals surface area contributed by atoms with Crippen LogP contribution in [0.15, 0.2) is 159 Å². The van der Waals surface area contributed by atoms with Gasteiger partial charge in [0.05, 0.1) is 43.6 Å². The van der Waals surface area contributed by atoms with Gasteiger partial charge in [0.1, 0.15) is 26.9 Å². The Morgan fingerprint density at radius 1 is 0.509 bits per heavy atom. The maximum atomic E-state index is 13.3. The van der Waals surface area contributed by atoms with Crippen molar-refractivity contribution >= 4 is 92.0 Å². The molecule has 0 fully saturated rings. The number of rotatable bonds is 10. The molecule has 0 radical (unpaired) electrons. The summed E-state index contributed by atoms with van der Waals surface area (Å²) in [4.78, 5) is -2.06. The minimum atomic E-state index is -5.12. The van der Waals surface area contributed by atoms with E-state index in [1.54, 1.807) is 30.3 Å². The molecule has 0 bridgehead atoms. The van der Waals surface area contributed by atoms with Gasteiger partial charge in [0, 0.05) is 5.69 Å². The molecule has 0 saturated carbocycles. The van der Waals surface area contributed by atoms with Crippen LogP contribution in [0.5, 0.6) is 5.75 Å². The van der Waals surface area contributed by atoms with Crippen molar-refractivity contribution in [3.63, 3.8) is 0 Å². The third kappa shape index (κ3) is 8.14. The summed E-state index contributed by atoms with van der Waals surface area (Å²) < 4.78 is 96.1. The molecule has 280 valence electrons. The monoisotopic (exact) mass is 801 g/mol. The van der Waals surface area contributed by atoms with E-state index < -0.39 is 62.7 Å². The van der Waals surface area contributed by atoms with Crippen molar-refractivity contribution in [2.75, 3.05) is 17.2 Å². The van der Waals surface area contributed by atoms with E-state index >= 15 is 0 Å². The van der Waals surface area contributed by atoms with Crippen molar-refractivity contribution < 1.29 is 39.5 Å². The van der Waals surface area contributed by atoms with Crippen molar-refractivity contribution in [3.05, 3.63) is 109 Å². The lowest BCUT2D eigenvalue weighted by atomic mass is 10.1. The highest BCUT2D eigenvalue weighted by molar-refractivity contribution is 7.91. The fourth-order valence-electron chi connectivity index (χ4n) is 5.11. The first-order valence-electron chi connectivity index (χ1n) is 15.4. The molecule has 0 spiro atoms. The molecule has 0 saturated heterocycles. The number of benzene rings is 6. The number of nitrogen functional groups attached to an aromatic ring is 3. The summed E-state index contributed by atoms with van der Waals surface area (Å²) in [5, 5.41) is 34.1. The first-order valence-corrected chi connectivity index (χ1v) is 19.8. The Labute approximate surface area is 312 Å². The molecule has 0 amide bonds.